The van der Waals surface area contributed by atoms with Gasteiger partial charge >= 0.3 is 0 Å². The third-order valence-corrected chi connectivity index (χ3v) is 6.37. The van der Waals surface area contributed by atoms with Gasteiger partial charge in [0, 0.05) is 18.7 Å². The molecular formula is C26H29FN6O. The van der Waals surface area contributed by atoms with Crippen LogP contribution in [0.5, 0.6) is 5.88 Å². The molecule has 0 saturated carbocycles. The zero-order valence-electron chi connectivity index (χ0n) is 20.2. The van der Waals surface area contributed by atoms with Crippen LogP contribution in [0.25, 0.3) is 17.2 Å². The third-order valence-electron chi connectivity index (χ3n) is 6.37. The molecule has 0 aliphatic carbocycles. The highest BCUT2D eigenvalue weighted by Gasteiger charge is 2.29. The molecule has 1 aliphatic heterocycles. The number of methoxy groups -OCH3 is 1. The average Bonchev–Trinajstić information content (AvgIpc) is 3.44. The molecule has 4 aromatic rings. The zero-order chi connectivity index (χ0) is 24.0. The van der Waals surface area contributed by atoms with Crippen molar-refractivity contribution < 1.29 is 9.13 Å². The summed E-state index contributed by atoms with van der Waals surface area (Å²) in [4.78, 5) is 13.8. The Labute approximate surface area is 198 Å². The number of ether oxygens (including phenoxy) is 1. The van der Waals surface area contributed by atoms with Crippen molar-refractivity contribution in [1.29, 1.82) is 0 Å². The molecule has 5 rings (SSSR count). The molecule has 1 atom stereocenters. The van der Waals surface area contributed by atoms with Crippen LogP contribution in [0.4, 0.5) is 4.39 Å². The molecule has 7 nitrogen and oxygen atoms in total. The van der Waals surface area contributed by atoms with Crippen LogP contribution in [0.2, 0.25) is 0 Å². The van der Waals surface area contributed by atoms with E-state index >= 15 is 4.39 Å². The summed E-state index contributed by atoms with van der Waals surface area (Å²) in [5, 5.41) is 4.71. The lowest BCUT2D eigenvalue weighted by Gasteiger charge is -2.25. The minimum Gasteiger partial charge on any atom is -0.479 e. The molecule has 176 valence electrons. The van der Waals surface area contributed by atoms with Gasteiger partial charge in [0.05, 0.1) is 19.1 Å². The van der Waals surface area contributed by atoms with Crippen LogP contribution in [0.3, 0.4) is 0 Å². The Morgan fingerprint density at radius 1 is 1.12 bits per heavy atom. The number of fused-ring (bicyclic) bond motifs is 1. The summed E-state index contributed by atoms with van der Waals surface area (Å²) in [6, 6.07) is 9.40. The van der Waals surface area contributed by atoms with Crippen molar-refractivity contribution in [3.05, 3.63) is 71.3 Å². The maximum atomic E-state index is 15.2. The van der Waals surface area contributed by atoms with Gasteiger partial charge in [0.2, 0.25) is 5.88 Å². The van der Waals surface area contributed by atoms with Gasteiger partial charge in [-0.3, -0.25) is 0 Å². The van der Waals surface area contributed by atoms with Crippen LogP contribution in [0.15, 0.2) is 42.9 Å². The van der Waals surface area contributed by atoms with E-state index in [2.05, 4.69) is 30.7 Å². The lowest BCUT2D eigenvalue weighted by molar-refractivity contribution is 0.396. The van der Waals surface area contributed by atoms with Crippen LogP contribution < -0.4 is 4.74 Å². The van der Waals surface area contributed by atoms with Crippen molar-refractivity contribution in [2.75, 3.05) is 7.11 Å². The second-order valence-electron chi connectivity index (χ2n) is 9.85. The normalized spacial score (nSPS) is 15.9. The SMILES string of the molecule is COc1nc(-c2nc3n(n2)CCC[C@H]3c2ccc(C(C)(C)C)cc2F)ccc1-n1cnc(C)c1. The van der Waals surface area contributed by atoms with Crippen molar-refractivity contribution >= 4 is 0 Å². The first-order chi connectivity index (χ1) is 16.2. The van der Waals surface area contributed by atoms with Gasteiger partial charge in [-0.1, -0.05) is 32.9 Å². The number of benzene rings is 1. The smallest absolute Gasteiger partial charge is 0.238 e. The second-order valence-corrected chi connectivity index (χ2v) is 9.85. The number of pyridine rings is 1. The lowest BCUT2D eigenvalue weighted by Crippen LogP contribution is -2.19. The molecule has 1 aliphatic rings. The van der Waals surface area contributed by atoms with Crippen molar-refractivity contribution in [2.24, 2.45) is 0 Å². The van der Waals surface area contributed by atoms with E-state index in [0.29, 0.717) is 23.0 Å². The summed E-state index contributed by atoms with van der Waals surface area (Å²) in [5.74, 6) is 1.43. The standard InChI is InChI=1S/C26H29FN6O/c1-16-14-32(15-28-16)22-11-10-21(29-25(22)34-5)23-30-24-19(7-6-12-33(24)31-23)18-9-8-17(13-20(18)27)26(2,3)4/h8-11,13-15,19H,6-7,12H2,1-5H3/t19-/m0/s1. The number of aryl methyl sites for hydroxylation is 2. The molecule has 0 fully saturated rings. The molecular weight excluding hydrogens is 431 g/mol. The summed E-state index contributed by atoms with van der Waals surface area (Å²) in [7, 11) is 1.59. The quantitative estimate of drug-likeness (QED) is 0.418. The van der Waals surface area contributed by atoms with Crippen molar-refractivity contribution in [1.82, 2.24) is 29.3 Å². The first-order valence-corrected chi connectivity index (χ1v) is 11.6. The number of hydrogen-bond acceptors (Lipinski definition) is 5. The highest BCUT2D eigenvalue weighted by molar-refractivity contribution is 5.55. The summed E-state index contributed by atoms with van der Waals surface area (Å²) in [6.45, 7) is 8.95. The molecule has 0 N–H and O–H groups in total. The van der Waals surface area contributed by atoms with Gasteiger partial charge in [0.25, 0.3) is 0 Å². The molecule has 0 amide bonds. The molecule has 3 aromatic heterocycles. The van der Waals surface area contributed by atoms with E-state index in [1.807, 2.05) is 46.6 Å². The Morgan fingerprint density at radius 2 is 1.94 bits per heavy atom. The fourth-order valence-electron chi connectivity index (χ4n) is 4.49. The van der Waals surface area contributed by atoms with Crippen LogP contribution in [-0.4, -0.2) is 36.4 Å². The van der Waals surface area contributed by atoms with Crippen molar-refractivity contribution in [3.63, 3.8) is 0 Å². The van der Waals surface area contributed by atoms with E-state index in [4.69, 9.17) is 14.8 Å². The molecule has 0 saturated heterocycles. The Morgan fingerprint density at radius 3 is 2.62 bits per heavy atom. The fourth-order valence-corrected chi connectivity index (χ4v) is 4.49. The minimum atomic E-state index is -0.185. The molecule has 0 bridgehead atoms. The Balaban J connectivity index is 1.51. The van der Waals surface area contributed by atoms with Crippen molar-refractivity contribution in [2.45, 2.75) is 58.4 Å². The van der Waals surface area contributed by atoms with E-state index in [1.54, 1.807) is 19.5 Å². The van der Waals surface area contributed by atoms with Gasteiger partial charge in [0.15, 0.2) is 5.82 Å². The molecule has 0 spiro atoms. The maximum absolute atomic E-state index is 15.2. The van der Waals surface area contributed by atoms with Crippen LogP contribution in [-0.2, 0) is 12.0 Å². The number of hydrogen-bond donors (Lipinski definition) is 0. The molecule has 1 aromatic carbocycles. The first kappa shape index (κ1) is 22.3. The second kappa shape index (κ2) is 8.34. The van der Waals surface area contributed by atoms with Gasteiger partial charge < -0.3 is 9.30 Å². The van der Waals surface area contributed by atoms with Gasteiger partial charge in [-0.15, -0.1) is 5.10 Å². The highest BCUT2D eigenvalue weighted by atomic mass is 19.1. The number of nitrogens with zero attached hydrogens (tertiary/aromatic N) is 6. The van der Waals surface area contributed by atoms with Crippen LogP contribution >= 0.6 is 0 Å². The predicted molar refractivity (Wildman–Crippen MR) is 128 cm³/mol. The highest BCUT2D eigenvalue weighted by Crippen LogP contribution is 2.36. The lowest BCUT2D eigenvalue weighted by atomic mass is 9.84. The molecule has 0 unspecified atom stereocenters. The van der Waals surface area contributed by atoms with E-state index < -0.39 is 0 Å². The van der Waals surface area contributed by atoms with Gasteiger partial charge in [-0.05, 0) is 54.5 Å². The molecule has 4 heterocycles. The van der Waals surface area contributed by atoms with E-state index in [-0.39, 0.29) is 17.2 Å². The van der Waals surface area contributed by atoms with E-state index in [1.165, 1.54) is 0 Å². The van der Waals surface area contributed by atoms with Crippen LogP contribution in [0.1, 0.15) is 62.2 Å². The van der Waals surface area contributed by atoms with Gasteiger partial charge in [-0.2, -0.15) is 0 Å². The summed E-state index contributed by atoms with van der Waals surface area (Å²) in [5.41, 5.74) is 3.85. The number of imidazole rings is 1. The number of halogens is 1. The number of rotatable bonds is 4. The monoisotopic (exact) mass is 460 g/mol. The van der Waals surface area contributed by atoms with Gasteiger partial charge in [0.1, 0.15) is 23.0 Å². The van der Waals surface area contributed by atoms with E-state index in [9.17, 15) is 0 Å². The average molecular weight is 461 g/mol. The minimum absolute atomic E-state index is 0.106. The maximum Gasteiger partial charge on any atom is 0.238 e. The van der Waals surface area contributed by atoms with Crippen LogP contribution in [0, 0.1) is 12.7 Å². The predicted octanol–water partition coefficient (Wildman–Crippen LogP) is 5.21. The molecule has 8 heteroatoms. The third kappa shape index (κ3) is 3.97. The molecule has 34 heavy (non-hydrogen) atoms. The Kier molecular flexibility index (Phi) is 5.46. The van der Waals surface area contributed by atoms with E-state index in [0.717, 1.165) is 42.2 Å². The number of aromatic nitrogens is 6. The first-order valence-electron chi connectivity index (χ1n) is 11.6. The largest absolute Gasteiger partial charge is 0.479 e. The zero-order valence-corrected chi connectivity index (χ0v) is 20.2. The Bertz CT molecular complexity index is 1350. The Hall–Kier alpha value is -3.55. The molecule has 0 radical (unpaired) electrons. The summed E-state index contributed by atoms with van der Waals surface area (Å²) >= 11 is 0. The fraction of sp³-hybridized carbons (Fsp3) is 0.385. The summed E-state index contributed by atoms with van der Waals surface area (Å²) < 4.78 is 24.5. The summed E-state index contributed by atoms with van der Waals surface area (Å²) in [6.07, 6.45) is 5.39. The van der Waals surface area contributed by atoms with Crippen molar-refractivity contribution in [3.8, 4) is 23.1 Å². The topological polar surface area (TPSA) is 70.7 Å². The van der Waals surface area contributed by atoms with Gasteiger partial charge in [-0.25, -0.2) is 24.0 Å².